The fourth-order valence-electron chi connectivity index (χ4n) is 3.01. The smallest absolute Gasteiger partial charge is 0.254 e. The van der Waals surface area contributed by atoms with E-state index in [0.717, 1.165) is 6.54 Å². The highest BCUT2D eigenvalue weighted by atomic mass is 16.2. The van der Waals surface area contributed by atoms with Gasteiger partial charge in [-0.1, -0.05) is 13.8 Å². The van der Waals surface area contributed by atoms with E-state index in [1.807, 2.05) is 4.90 Å². The van der Waals surface area contributed by atoms with Gasteiger partial charge in [-0.3, -0.25) is 14.2 Å². The standard InChI is InChI=1S/C17H22N6O2/c1-12(2)9-21-6-7-23(13(3)16(21)24)17(25)14-4-5-18-15(8-14)22-10-19-20-11-22/h4-5,8,10-13H,6-7,9H2,1-3H3. The van der Waals surface area contributed by atoms with Crippen LogP contribution < -0.4 is 0 Å². The highest BCUT2D eigenvalue weighted by Crippen LogP contribution is 2.17. The highest BCUT2D eigenvalue weighted by molar-refractivity contribution is 5.98. The molecule has 0 N–H and O–H groups in total. The molecule has 132 valence electrons. The maximum absolute atomic E-state index is 12.9. The minimum Gasteiger partial charge on any atom is -0.339 e. The summed E-state index contributed by atoms with van der Waals surface area (Å²) < 4.78 is 1.63. The summed E-state index contributed by atoms with van der Waals surface area (Å²) in [6, 6.07) is 2.88. The van der Waals surface area contributed by atoms with Crippen LogP contribution in [0.25, 0.3) is 5.82 Å². The van der Waals surface area contributed by atoms with Gasteiger partial charge < -0.3 is 9.80 Å². The zero-order chi connectivity index (χ0) is 18.0. The second kappa shape index (κ2) is 7.00. The van der Waals surface area contributed by atoms with Crippen LogP contribution >= 0.6 is 0 Å². The number of aromatic nitrogens is 4. The van der Waals surface area contributed by atoms with Crippen LogP contribution in [-0.2, 0) is 4.79 Å². The topological polar surface area (TPSA) is 84.2 Å². The fraction of sp³-hybridized carbons (Fsp3) is 0.471. The average molecular weight is 342 g/mol. The summed E-state index contributed by atoms with van der Waals surface area (Å²) in [5, 5.41) is 7.49. The van der Waals surface area contributed by atoms with Crippen LogP contribution in [0.5, 0.6) is 0 Å². The molecule has 0 aromatic carbocycles. The third-order valence-electron chi connectivity index (χ3n) is 4.27. The fourth-order valence-corrected chi connectivity index (χ4v) is 3.01. The second-order valence-corrected chi connectivity index (χ2v) is 6.62. The lowest BCUT2D eigenvalue weighted by atomic mass is 10.1. The number of amides is 2. The van der Waals surface area contributed by atoms with E-state index in [2.05, 4.69) is 29.0 Å². The van der Waals surface area contributed by atoms with E-state index in [0.29, 0.717) is 30.4 Å². The summed E-state index contributed by atoms with van der Waals surface area (Å²) in [5.41, 5.74) is 0.496. The Bertz CT molecular complexity index is 758. The molecule has 0 aliphatic carbocycles. The molecule has 0 bridgehead atoms. The van der Waals surface area contributed by atoms with Gasteiger partial charge in [-0.2, -0.15) is 0 Å². The first-order valence-electron chi connectivity index (χ1n) is 8.38. The Hall–Kier alpha value is -2.77. The predicted molar refractivity (Wildman–Crippen MR) is 91.1 cm³/mol. The van der Waals surface area contributed by atoms with Crippen molar-refractivity contribution < 1.29 is 9.59 Å². The Kier molecular flexibility index (Phi) is 4.78. The lowest BCUT2D eigenvalue weighted by molar-refractivity contribution is -0.140. The summed E-state index contributed by atoms with van der Waals surface area (Å²) in [6.45, 7) is 7.77. The van der Waals surface area contributed by atoms with Crippen LogP contribution in [0, 0.1) is 5.92 Å². The molecular formula is C17H22N6O2. The first-order valence-corrected chi connectivity index (χ1v) is 8.38. The van der Waals surface area contributed by atoms with Gasteiger partial charge in [0.25, 0.3) is 5.91 Å². The number of nitrogens with zero attached hydrogens (tertiary/aromatic N) is 6. The molecule has 8 nitrogen and oxygen atoms in total. The van der Waals surface area contributed by atoms with Crippen molar-refractivity contribution in [2.75, 3.05) is 19.6 Å². The molecule has 0 radical (unpaired) electrons. The van der Waals surface area contributed by atoms with Gasteiger partial charge in [0.2, 0.25) is 5.91 Å². The molecule has 0 spiro atoms. The molecule has 8 heteroatoms. The zero-order valence-corrected chi connectivity index (χ0v) is 14.7. The maximum atomic E-state index is 12.9. The van der Waals surface area contributed by atoms with Crippen molar-refractivity contribution >= 4 is 11.8 Å². The SMILES string of the molecule is CC(C)CN1CCN(C(=O)c2ccnc(-n3cnnc3)c2)C(C)C1=O. The first kappa shape index (κ1) is 17.1. The van der Waals surface area contributed by atoms with E-state index < -0.39 is 6.04 Å². The normalized spacial score (nSPS) is 18.1. The van der Waals surface area contributed by atoms with Crippen molar-refractivity contribution in [3.63, 3.8) is 0 Å². The summed E-state index contributed by atoms with van der Waals surface area (Å²) in [5.74, 6) is 0.807. The van der Waals surface area contributed by atoms with Crippen LogP contribution in [0.3, 0.4) is 0 Å². The zero-order valence-electron chi connectivity index (χ0n) is 14.7. The summed E-state index contributed by atoms with van der Waals surface area (Å²) in [6.07, 6.45) is 4.62. The van der Waals surface area contributed by atoms with E-state index in [9.17, 15) is 9.59 Å². The number of carbonyl (C=O) groups is 2. The first-order chi connectivity index (χ1) is 12.0. The van der Waals surface area contributed by atoms with Crippen molar-refractivity contribution in [1.82, 2.24) is 29.5 Å². The van der Waals surface area contributed by atoms with Gasteiger partial charge in [-0.25, -0.2) is 4.98 Å². The Morgan fingerprint density at radius 1 is 1.28 bits per heavy atom. The van der Waals surface area contributed by atoms with E-state index in [1.165, 1.54) is 12.7 Å². The molecule has 3 rings (SSSR count). The van der Waals surface area contributed by atoms with Crippen molar-refractivity contribution in [3.05, 3.63) is 36.5 Å². The average Bonchev–Trinajstić information content (AvgIpc) is 3.13. The Balaban J connectivity index is 1.78. The molecule has 25 heavy (non-hydrogen) atoms. The lowest BCUT2D eigenvalue weighted by Gasteiger charge is -2.39. The van der Waals surface area contributed by atoms with Crippen LogP contribution in [0.4, 0.5) is 0 Å². The molecule has 1 fully saturated rings. The Morgan fingerprint density at radius 3 is 2.68 bits per heavy atom. The van der Waals surface area contributed by atoms with E-state index >= 15 is 0 Å². The number of hydrogen-bond acceptors (Lipinski definition) is 5. The molecule has 2 aromatic rings. The van der Waals surface area contributed by atoms with E-state index in [1.54, 1.807) is 34.7 Å². The minimum atomic E-state index is -0.466. The molecule has 1 atom stereocenters. The van der Waals surface area contributed by atoms with E-state index in [4.69, 9.17) is 0 Å². The van der Waals surface area contributed by atoms with Gasteiger partial charge in [-0.05, 0) is 25.0 Å². The van der Waals surface area contributed by atoms with Gasteiger partial charge >= 0.3 is 0 Å². The molecule has 3 heterocycles. The van der Waals surface area contributed by atoms with Gasteiger partial charge in [0, 0.05) is 31.4 Å². The summed E-state index contributed by atoms with van der Waals surface area (Å²) in [7, 11) is 0. The quantitative estimate of drug-likeness (QED) is 0.827. The van der Waals surface area contributed by atoms with Crippen molar-refractivity contribution in [1.29, 1.82) is 0 Å². The maximum Gasteiger partial charge on any atom is 0.254 e. The molecule has 1 unspecified atom stereocenters. The number of hydrogen-bond donors (Lipinski definition) is 0. The van der Waals surface area contributed by atoms with Gasteiger partial charge in [0.1, 0.15) is 24.5 Å². The summed E-state index contributed by atoms with van der Waals surface area (Å²) in [4.78, 5) is 33.1. The molecule has 2 amide bonds. The number of carbonyl (C=O) groups excluding carboxylic acids is 2. The number of piperazine rings is 1. The Labute approximate surface area is 146 Å². The van der Waals surface area contributed by atoms with E-state index in [-0.39, 0.29) is 11.8 Å². The van der Waals surface area contributed by atoms with Crippen LogP contribution in [-0.4, -0.2) is 67.0 Å². The monoisotopic (exact) mass is 342 g/mol. The molecule has 1 aliphatic rings. The molecule has 1 saturated heterocycles. The van der Waals surface area contributed by atoms with Crippen molar-refractivity contribution in [3.8, 4) is 5.82 Å². The van der Waals surface area contributed by atoms with Crippen LogP contribution in [0.1, 0.15) is 31.1 Å². The van der Waals surface area contributed by atoms with Gasteiger partial charge in [0.15, 0.2) is 0 Å². The third kappa shape index (κ3) is 3.52. The minimum absolute atomic E-state index is 0.00129. The van der Waals surface area contributed by atoms with Gasteiger partial charge in [0.05, 0.1) is 0 Å². The summed E-state index contributed by atoms with van der Waals surface area (Å²) >= 11 is 0. The molecule has 2 aromatic heterocycles. The largest absolute Gasteiger partial charge is 0.339 e. The molecule has 0 saturated carbocycles. The lowest BCUT2D eigenvalue weighted by Crippen LogP contribution is -2.58. The predicted octanol–water partition coefficient (Wildman–Crippen LogP) is 0.991. The number of pyridine rings is 1. The number of rotatable bonds is 4. The molecular weight excluding hydrogens is 320 g/mol. The second-order valence-electron chi connectivity index (χ2n) is 6.62. The van der Waals surface area contributed by atoms with Crippen molar-refractivity contribution in [2.45, 2.75) is 26.8 Å². The van der Waals surface area contributed by atoms with Gasteiger partial charge in [-0.15, -0.1) is 10.2 Å². The van der Waals surface area contributed by atoms with Crippen LogP contribution in [0.2, 0.25) is 0 Å². The third-order valence-corrected chi connectivity index (χ3v) is 4.27. The van der Waals surface area contributed by atoms with Crippen LogP contribution in [0.15, 0.2) is 31.0 Å². The van der Waals surface area contributed by atoms with Crippen molar-refractivity contribution in [2.24, 2.45) is 5.92 Å². The highest BCUT2D eigenvalue weighted by Gasteiger charge is 2.34. The molecule has 1 aliphatic heterocycles. The Morgan fingerprint density at radius 2 is 2.00 bits per heavy atom.